The highest BCUT2D eigenvalue weighted by Crippen LogP contribution is 2.20. The van der Waals surface area contributed by atoms with Gasteiger partial charge in [-0.25, -0.2) is 4.79 Å². The highest BCUT2D eigenvalue weighted by atomic mass is 16.5. The largest absolute Gasteiger partial charge is 0.452 e. The molecule has 162 valence electrons. The molecule has 0 unspecified atom stereocenters. The van der Waals surface area contributed by atoms with E-state index in [9.17, 15) is 19.2 Å². The van der Waals surface area contributed by atoms with Crippen molar-refractivity contribution in [3.05, 3.63) is 70.3 Å². The van der Waals surface area contributed by atoms with Gasteiger partial charge in [-0.1, -0.05) is 35.9 Å². The van der Waals surface area contributed by atoms with Crippen LogP contribution in [0.25, 0.3) is 0 Å². The van der Waals surface area contributed by atoms with E-state index in [-0.39, 0.29) is 35.4 Å². The Morgan fingerprint density at radius 3 is 2.35 bits per heavy atom. The Bertz CT molecular complexity index is 1030. The summed E-state index contributed by atoms with van der Waals surface area (Å²) in [6, 6.07) is 12.1. The first-order chi connectivity index (χ1) is 14.8. The Balaban J connectivity index is 1.65. The molecule has 0 saturated heterocycles. The minimum Gasteiger partial charge on any atom is -0.452 e. The van der Waals surface area contributed by atoms with Crippen molar-refractivity contribution in [3.8, 4) is 0 Å². The van der Waals surface area contributed by atoms with Gasteiger partial charge in [-0.3, -0.25) is 14.4 Å². The SMILES string of the molecule is Cc1ccc(C)c(C(=O)c2ccccc2C(=O)OCC(=O)N(C)CC(=O)NC2CC2)c1. The first-order valence-corrected chi connectivity index (χ1v) is 10.2. The van der Waals surface area contributed by atoms with Gasteiger partial charge < -0.3 is 15.0 Å². The van der Waals surface area contributed by atoms with Gasteiger partial charge in [-0.2, -0.15) is 0 Å². The van der Waals surface area contributed by atoms with Crippen molar-refractivity contribution in [3.63, 3.8) is 0 Å². The Morgan fingerprint density at radius 1 is 1.00 bits per heavy atom. The summed E-state index contributed by atoms with van der Waals surface area (Å²) in [6.07, 6.45) is 1.92. The summed E-state index contributed by atoms with van der Waals surface area (Å²) in [5.74, 6) is -1.79. The number of carbonyl (C=O) groups is 4. The number of esters is 1. The number of ketones is 1. The molecule has 7 heteroatoms. The topological polar surface area (TPSA) is 92.8 Å². The van der Waals surface area contributed by atoms with E-state index in [2.05, 4.69) is 5.32 Å². The van der Waals surface area contributed by atoms with Gasteiger partial charge in [0.25, 0.3) is 5.91 Å². The summed E-state index contributed by atoms with van der Waals surface area (Å²) in [5, 5.41) is 2.80. The number of hydrogen-bond donors (Lipinski definition) is 1. The van der Waals surface area contributed by atoms with Crippen LogP contribution in [0.15, 0.2) is 42.5 Å². The van der Waals surface area contributed by atoms with Crippen LogP contribution >= 0.6 is 0 Å². The fourth-order valence-electron chi connectivity index (χ4n) is 3.10. The molecule has 31 heavy (non-hydrogen) atoms. The standard InChI is InChI=1S/C24H26N2O5/c1-15-8-9-16(2)20(12-15)23(29)18-6-4-5-7-19(18)24(30)31-14-22(28)26(3)13-21(27)25-17-10-11-17/h4-9,12,17H,10-11,13-14H2,1-3H3,(H,25,27). The molecule has 1 saturated carbocycles. The number of nitrogens with one attached hydrogen (secondary N) is 1. The minimum absolute atomic E-state index is 0.0929. The van der Waals surface area contributed by atoms with E-state index in [0.717, 1.165) is 24.0 Å². The Kier molecular flexibility index (Phi) is 6.84. The summed E-state index contributed by atoms with van der Waals surface area (Å²) >= 11 is 0. The maximum atomic E-state index is 13.1. The average molecular weight is 422 g/mol. The van der Waals surface area contributed by atoms with Crippen LogP contribution in [-0.2, 0) is 14.3 Å². The summed E-state index contributed by atoms with van der Waals surface area (Å²) in [7, 11) is 1.47. The molecule has 2 aromatic carbocycles. The molecule has 0 heterocycles. The predicted octanol–water partition coefficient (Wildman–Crippen LogP) is 2.43. The maximum absolute atomic E-state index is 13.1. The molecule has 1 aliphatic rings. The van der Waals surface area contributed by atoms with Gasteiger partial charge in [0, 0.05) is 24.2 Å². The predicted molar refractivity (Wildman–Crippen MR) is 115 cm³/mol. The normalized spacial score (nSPS) is 12.7. The van der Waals surface area contributed by atoms with Crippen LogP contribution in [0.2, 0.25) is 0 Å². The number of benzene rings is 2. The molecule has 2 amide bonds. The van der Waals surface area contributed by atoms with Crippen molar-refractivity contribution < 1.29 is 23.9 Å². The number of carbonyl (C=O) groups excluding carboxylic acids is 4. The van der Waals surface area contributed by atoms with E-state index in [1.807, 2.05) is 26.0 Å². The van der Waals surface area contributed by atoms with Gasteiger partial charge in [0.15, 0.2) is 12.4 Å². The van der Waals surface area contributed by atoms with Crippen LogP contribution in [0, 0.1) is 13.8 Å². The highest BCUT2D eigenvalue weighted by Gasteiger charge is 2.25. The molecular formula is C24H26N2O5. The third kappa shape index (κ3) is 5.78. The molecule has 0 bridgehead atoms. The van der Waals surface area contributed by atoms with Crippen LogP contribution < -0.4 is 5.32 Å². The number of hydrogen-bond acceptors (Lipinski definition) is 5. The lowest BCUT2D eigenvalue weighted by atomic mass is 9.94. The van der Waals surface area contributed by atoms with Crippen molar-refractivity contribution in [1.82, 2.24) is 10.2 Å². The molecular weight excluding hydrogens is 396 g/mol. The van der Waals surface area contributed by atoms with Gasteiger partial charge in [0.2, 0.25) is 5.91 Å². The van der Waals surface area contributed by atoms with Crippen LogP contribution in [0.3, 0.4) is 0 Å². The average Bonchev–Trinajstić information content (AvgIpc) is 3.56. The second kappa shape index (κ2) is 9.55. The molecule has 1 aliphatic carbocycles. The van der Waals surface area contributed by atoms with Gasteiger partial charge in [-0.05, 0) is 44.4 Å². The van der Waals surface area contributed by atoms with E-state index >= 15 is 0 Å². The molecule has 0 aliphatic heterocycles. The molecule has 1 fully saturated rings. The number of rotatable bonds is 8. The number of amides is 2. The number of aryl methyl sites for hydroxylation is 2. The zero-order chi connectivity index (χ0) is 22.5. The zero-order valence-corrected chi connectivity index (χ0v) is 17.9. The molecule has 1 N–H and O–H groups in total. The van der Waals surface area contributed by atoms with E-state index in [4.69, 9.17) is 4.74 Å². The second-order valence-electron chi connectivity index (χ2n) is 7.86. The lowest BCUT2D eigenvalue weighted by Gasteiger charge is -2.17. The Morgan fingerprint density at radius 2 is 1.68 bits per heavy atom. The first kappa shape index (κ1) is 22.2. The highest BCUT2D eigenvalue weighted by molar-refractivity contribution is 6.15. The maximum Gasteiger partial charge on any atom is 0.339 e. The van der Waals surface area contributed by atoms with Gasteiger partial charge in [0.05, 0.1) is 12.1 Å². The summed E-state index contributed by atoms with van der Waals surface area (Å²) in [4.78, 5) is 51.0. The van der Waals surface area contributed by atoms with Crippen LogP contribution in [0.4, 0.5) is 0 Å². The van der Waals surface area contributed by atoms with Crippen LogP contribution in [0.5, 0.6) is 0 Å². The van der Waals surface area contributed by atoms with E-state index in [1.54, 1.807) is 24.3 Å². The van der Waals surface area contributed by atoms with Gasteiger partial charge in [0.1, 0.15) is 0 Å². The molecule has 0 spiro atoms. The first-order valence-electron chi connectivity index (χ1n) is 10.2. The molecule has 7 nitrogen and oxygen atoms in total. The monoisotopic (exact) mass is 422 g/mol. The minimum atomic E-state index is -0.765. The van der Waals surface area contributed by atoms with Gasteiger partial charge in [-0.15, -0.1) is 0 Å². The van der Waals surface area contributed by atoms with E-state index < -0.39 is 18.5 Å². The van der Waals surface area contributed by atoms with Crippen LogP contribution in [-0.4, -0.2) is 54.7 Å². The molecule has 2 aromatic rings. The molecule has 0 aromatic heterocycles. The van der Waals surface area contributed by atoms with Crippen molar-refractivity contribution in [2.75, 3.05) is 20.2 Å². The van der Waals surface area contributed by atoms with Crippen molar-refractivity contribution in [1.29, 1.82) is 0 Å². The lowest BCUT2D eigenvalue weighted by molar-refractivity contribution is -0.137. The van der Waals surface area contributed by atoms with Crippen molar-refractivity contribution in [2.45, 2.75) is 32.7 Å². The molecule has 0 radical (unpaired) electrons. The number of ether oxygens (including phenoxy) is 1. The molecule has 3 rings (SSSR count). The van der Waals surface area contributed by atoms with E-state index in [1.165, 1.54) is 18.0 Å². The zero-order valence-electron chi connectivity index (χ0n) is 17.9. The van der Waals surface area contributed by atoms with Crippen molar-refractivity contribution in [2.24, 2.45) is 0 Å². The Labute approximate surface area is 181 Å². The quantitative estimate of drug-likeness (QED) is 0.521. The fourth-order valence-corrected chi connectivity index (χ4v) is 3.10. The lowest BCUT2D eigenvalue weighted by Crippen LogP contribution is -2.40. The van der Waals surface area contributed by atoms with Crippen molar-refractivity contribution >= 4 is 23.6 Å². The summed E-state index contributed by atoms with van der Waals surface area (Å²) < 4.78 is 5.15. The third-order valence-electron chi connectivity index (χ3n) is 5.11. The number of nitrogens with zero attached hydrogens (tertiary/aromatic N) is 1. The Hall–Kier alpha value is -3.48. The van der Waals surface area contributed by atoms with Gasteiger partial charge >= 0.3 is 5.97 Å². The fraction of sp³-hybridized carbons (Fsp3) is 0.333. The summed E-state index contributed by atoms with van der Waals surface area (Å²) in [5.41, 5.74) is 2.56. The molecule has 0 atom stereocenters. The third-order valence-corrected chi connectivity index (χ3v) is 5.11. The summed E-state index contributed by atoms with van der Waals surface area (Å²) in [6.45, 7) is 3.11. The smallest absolute Gasteiger partial charge is 0.339 e. The number of likely N-dealkylation sites (N-methyl/N-ethyl adjacent to an activating group) is 1. The second-order valence-corrected chi connectivity index (χ2v) is 7.86. The van der Waals surface area contributed by atoms with E-state index in [0.29, 0.717) is 5.56 Å². The van der Waals surface area contributed by atoms with Crippen LogP contribution in [0.1, 0.15) is 50.2 Å².